The highest BCUT2D eigenvalue weighted by Gasteiger charge is 2.29. The molecule has 6 nitrogen and oxygen atoms in total. The van der Waals surface area contributed by atoms with Crippen molar-refractivity contribution in [1.29, 1.82) is 0 Å². The van der Waals surface area contributed by atoms with E-state index in [0.717, 1.165) is 47.3 Å². The number of hydrogen-bond donors (Lipinski definition) is 1. The molecule has 1 aliphatic carbocycles. The monoisotopic (exact) mass is 405 g/mol. The van der Waals surface area contributed by atoms with Crippen LogP contribution in [0, 0.1) is 0 Å². The minimum atomic E-state index is -0.0436. The van der Waals surface area contributed by atoms with E-state index in [1.54, 1.807) is 16.7 Å². The van der Waals surface area contributed by atoms with Crippen molar-refractivity contribution < 1.29 is 4.79 Å². The molecular formula is C19H24ClN5OS. The lowest BCUT2D eigenvalue weighted by atomic mass is 9.96. The fraction of sp³-hybridized carbons (Fsp3) is 0.526. The van der Waals surface area contributed by atoms with Crippen LogP contribution in [-0.4, -0.2) is 33.4 Å². The van der Waals surface area contributed by atoms with E-state index in [1.165, 1.54) is 19.3 Å². The number of carbonyl (C=O) groups excluding carboxylic acids is 1. The van der Waals surface area contributed by atoms with Crippen LogP contribution in [-0.2, 0) is 12.3 Å². The molecule has 0 radical (unpaired) electrons. The summed E-state index contributed by atoms with van der Waals surface area (Å²) in [6.45, 7) is 1.52. The minimum Gasteiger partial charge on any atom is -0.335 e. The summed E-state index contributed by atoms with van der Waals surface area (Å²) < 4.78 is 2.05. The average Bonchev–Trinajstić information content (AvgIpc) is 3.11. The number of urea groups is 1. The summed E-state index contributed by atoms with van der Waals surface area (Å²) in [4.78, 5) is 14.5. The summed E-state index contributed by atoms with van der Waals surface area (Å²) in [5, 5.41) is 13.4. The van der Waals surface area contributed by atoms with Gasteiger partial charge < -0.3 is 5.32 Å². The van der Waals surface area contributed by atoms with Crippen molar-refractivity contribution in [1.82, 2.24) is 20.1 Å². The molecule has 2 aliphatic rings. The molecule has 1 aromatic heterocycles. The van der Waals surface area contributed by atoms with Gasteiger partial charge in [-0.05, 0) is 30.9 Å². The average molecular weight is 406 g/mol. The highest BCUT2D eigenvalue weighted by atomic mass is 35.5. The molecular weight excluding hydrogens is 382 g/mol. The number of fused-ring (bicyclic) bond motifs is 1. The quantitative estimate of drug-likeness (QED) is 0.762. The van der Waals surface area contributed by atoms with Gasteiger partial charge in [0.1, 0.15) is 0 Å². The first-order valence-corrected chi connectivity index (χ1v) is 11.0. The van der Waals surface area contributed by atoms with E-state index in [1.807, 2.05) is 28.8 Å². The van der Waals surface area contributed by atoms with Crippen molar-refractivity contribution >= 4 is 35.3 Å². The number of aromatic nitrogens is 3. The van der Waals surface area contributed by atoms with Crippen LogP contribution in [0.4, 0.5) is 10.7 Å². The maximum absolute atomic E-state index is 12.8. The Hall–Kier alpha value is -1.73. The molecule has 4 rings (SSSR count). The number of halogens is 1. The van der Waals surface area contributed by atoms with E-state index in [2.05, 4.69) is 15.5 Å². The summed E-state index contributed by atoms with van der Waals surface area (Å²) in [7, 11) is 0. The summed E-state index contributed by atoms with van der Waals surface area (Å²) in [5.41, 5.74) is 1.07. The Morgan fingerprint density at radius 1 is 1.15 bits per heavy atom. The Bertz CT molecular complexity index is 805. The van der Waals surface area contributed by atoms with Gasteiger partial charge in [0.05, 0.1) is 0 Å². The zero-order valence-corrected chi connectivity index (χ0v) is 16.8. The van der Waals surface area contributed by atoms with E-state index in [9.17, 15) is 4.79 Å². The number of nitrogens with one attached hydrogen (secondary N) is 1. The molecule has 0 saturated heterocycles. The van der Waals surface area contributed by atoms with E-state index in [4.69, 9.17) is 11.6 Å². The van der Waals surface area contributed by atoms with Gasteiger partial charge >= 0.3 is 6.03 Å². The largest absolute Gasteiger partial charge is 0.335 e. The fourth-order valence-corrected chi connectivity index (χ4v) is 4.97. The molecule has 2 aromatic rings. The zero-order chi connectivity index (χ0) is 18.6. The van der Waals surface area contributed by atoms with Gasteiger partial charge in [-0.25, -0.2) is 4.79 Å². The number of benzene rings is 1. The summed E-state index contributed by atoms with van der Waals surface area (Å²) in [6.07, 6.45) is 6.73. The Morgan fingerprint density at radius 2 is 1.96 bits per heavy atom. The predicted octanol–water partition coefficient (Wildman–Crippen LogP) is 4.48. The highest BCUT2D eigenvalue weighted by Crippen LogP contribution is 2.30. The van der Waals surface area contributed by atoms with Crippen LogP contribution in [0.3, 0.4) is 0 Å². The first kappa shape index (κ1) is 18.6. The first-order valence-electron chi connectivity index (χ1n) is 9.60. The zero-order valence-electron chi connectivity index (χ0n) is 15.2. The van der Waals surface area contributed by atoms with E-state index in [0.29, 0.717) is 18.5 Å². The van der Waals surface area contributed by atoms with E-state index in [-0.39, 0.29) is 6.03 Å². The fourth-order valence-electron chi connectivity index (χ4n) is 3.72. The summed E-state index contributed by atoms with van der Waals surface area (Å²) in [5.74, 6) is 1.38. The number of amides is 2. The molecule has 0 unspecified atom stereocenters. The molecule has 1 N–H and O–H groups in total. The smallest absolute Gasteiger partial charge is 0.324 e. The lowest BCUT2D eigenvalue weighted by Gasteiger charge is -2.30. The molecule has 1 aliphatic heterocycles. The molecule has 0 atom stereocenters. The van der Waals surface area contributed by atoms with Crippen LogP contribution in [0.25, 0.3) is 0 Å². The van der Waals surface area contributed by atoms with Crippen LogP contribution in [0.5, 0.6) is 0 Å². The number of thioether (sulfide) groups is 1. The third-order valence-corrected chi connectivity index (χ3v) is 6.58. The molecule has 144 valence electrons. The van der Waals surface area contributed by atoms with Gasteiger partial charge in [0.25, 0.3) is 0 Å². The molecule has 2 amide bonds. The lowest BCUT2D eigenvalue weighted by Crippen LogP contribution is -2.48. The second-order valence-electron chi connectivity index (χ2n) is 7.10. The van der Waals surface area contributed by atoms with Crippen molar-refractivity contribution in [3.8, 4) is 0 Å². The normalized spacial score (nSPS) is 17.6. The van der Waals surface area contributed by atoms with Crippen LogP contribution < -0.4 is 10.2 Å². The number of nitrogens with zero attached hydrogens (tertiary/aromatic N) is 4. The van der Waals surface area contributed by atoms with Crippen molar-refractivity contribution in [2.45, 2.75) is 62.0 Å². The van der Waals surface area contributed by atoms with E-state index >= 15 is 0 Å². The van der Waals surface area contributed by atoms with Crippen LogP contribution in [0.15, 0.2) is 29.4 Å². The van der Waals surface area contributed by atoms with Gasteiger partial charge in [0, 0.05) is 29.9 Å². The molecule has 27 heavy (non-hydrogen) atoms. The molecule has 0 bridgehead atoms. The maximum Gasteiger partial charge on any atom is 0.324 e. The van der Waals surface area contributed by atoms with Gasteiger partial charge in [-0.2, -0.15) is 0 Å². The van der Waals surface area contributed by atoms with Gasteiger partial charge in [-0.1, -0.05) is 60.8 Å². The van der Waals surface area contributed by atoms with Gasteiger partial charge in [-0.3, -0.25) is 9.47 Å². The topological polar surface area (TPSA) is 63.1 Å². The molecule has 0 spiro atoms. The Kier molecular flexibility index (Phi) is 5.88. The Labute approximate surface area is 168 Å². The maximum atomic E-state index is 12.8. The molecule has 1 fully saturated rings. The molecule has 1 saturated carbocycles. The second kappa shape index (κ2) is 8.52. The van der Waals surface area contributed by atoms with E-state index < -0.39 is 0 Å². The van der Waals surface area contributed by atoms with Crippen LogP contribution in [0.2, 0.25) is 5.02 Å². The van der Waals surface area contributed by atoms with Gasteiger partial charge in [0.15, 0.2) is 5.16 Å². The van der Waals surface area contributed by atoms with Crippen molar-refractivity contribution in [2.75, 3.05) is 11.4 Å². The van der Waals surface area contributed by atoms with Crippen molar-refractivity contribution in [3.05, 3.63) is 34.9 Å². The highest BCUT2D eigenvalue weighted by molar-refractivity contribution is 7.98. The summed E-state index contributed by atoms with van der Waals surface area (Å²) in [6, 6.07) is 8.08. The number of anilines is 1. The molecule has 2 heterocycles. The predicted molar refractivity (Wildman–Crippen MR) is 108 cm³/mol. The SMILES string of the molecule is O=C(NC1CCCCC1)N1CCCn2c(SCc3ccccc3Cl)nnc21. The Balaban J connectivity index is 1.44. The van der Waals surface area contributed by atoms with Crippen LogP contribution >= 0.6 is 23.4 Å². The third-order valence-electron chi connectivity index (χ3n) is 5.19. The lowest BCUT2D eigenvalue weighted by molar-refractivity contribution is 0.236. The minimum absolute atomic E-state index is 0.0436. The third kappa shape index (κ3) is 4.24. The van der Waals surface area contributed by atoms with Gasteiger partial charge in [0.2, 0.25) is 5.95 Å². The second-order valence-corrected chi connectivity index (χ2v) is 8.45. The first-order chi connectivity index (χ1) is 13.2. The standard InChI is InChI=1S/C19H24ClN5OS/c20-16-10-5-4-7-14(16)13-27-19-23-22-17-24(11-6-12-25(17)19)18(26)21-15-8-2-1-3-9-15/h4-5,7,10,15H,1-3,6,8-9,11-13H2,(H,21,26). The molecule has 8 heteroatoms. The van der Waals surface area contributed by atoms with Crippen molar-refractivity contribution in [3.63, 3.8) is 0 Å². The molecule has 1 aromatic carbocycles. The number of hydrogen-bond acceptors (Lipinski definition) is 4. The number of rotatable bonds is 4. The van der Waals surface area contributed by atoms with Crippen LogP contribution in [0.1, 0.15) is 44.1 Å². The number of carbonyl (C=O) groups is 1. The Morgan fingerprint density at radius 3 is 2.78 bits per heavy atom. The van der Waals surface area contributed by atoms with Crippen molar-refractivity contribution in [2.24, 2.45) is 0 Å². The summed E-state index contributed by atoms with van der Waals surface area (Å²) >= 11 is 7.85. The van der Waals surface area contributed by atoms with Gasteiger partial charge in [-0.15, -0.1) is 10.2 Å².